The van der Waals surface area contributed by atoms with Gasteiger partial charge in [0.25, 0.3) is 6.71 Å². The van der Waals surface area contributed by atoms with E-state index in [2.05, 4.69) is 354 Å². The third kappa shape index (κ3) is 11.3. The Morgan fingerprint density at radius 1 is 0.253 bits per heavy atom. The summed E-state index contributed by atoms with van der Waals surface area (Å²) < 4.78 is 0. The fourth-order valence-corrected chi connectivity index (χ4v) is 13.4. The van der Waals surface area contributed by atoms with Crippen LogP contribution in [0, 0.1) is 0 Å². The minimum atomic E-state index is -0.118. The number of hydrogen-bond acceptors (Lipinski definition) is 4. The summed E-state index contributed by atoms with van der Waals surface area (Å²) >= 11 is 0. The zero-order valence-corrected chi connectivity index (χ0v) is 54.7. The van der Waals surface area contributed by atoms with Gasteiger partial charge < -0.3 is 9.80 Å². The van der Waals surface area contributed by atoms with Crippen LogP contribution in [-0.2, 0) is 21.7 Å². The SMILES string of the molecule is CC(C)(C)c1ccc(N2c3cc(C(C)(C)C)ccc3B3c4ccc(C(C)(C)C)cc4N(c4ccc(C(C)(C)C)cc4)c4cc(-c5nc(-c6cc(-c7ccccc7)cc(-c7ccccc7)c6)cc(-c6cc(-c7ccccc7)cc(-c7ccccc7)c6)n5)cc2c43)cc1. The van der Waals surface area contributed by atoms with Crippen molar-refractivity contribution in [2.24, 2.45) is 0 Å². The van der Waals surface area contributed by atoms with Crippen LogP contribution in [0.15, 0.2) is 261 Å². The van der Waals surface area contributed by atoms with E-state index < -0.39 is 0 Å². The average Bonchev–Trinajstić information content (AvgIpc) is 0.697. The van der Waals surface area contributed by atoms with Crippen molar-refractivity contribution >= 4 is 57.2 Å². The summed E-state index contributed by atoms with van der Waals surface area (Å²) in [6.07, 6.45) is 0. The van der Waals surface area contributed by atoms with E-state index in [9.17, 15) is 0 Å². The standard InChI is InChI=1S/C86H79BN4/c1-83(2,3)67-33-39-71(40-34-67)90-77-53-69(85(7,8)9)37-43-73(77)87-74-44-38-70(86(10,11)12)54-78(74)91(72-41-35-68(36-42-72)84(4,5)6)80-52-66(51-79(90)81(80)87)82-88-75(64-47-60(56-25-17-13-18-26-56)45-61(48-64)57-27-19-14-20-28-57)55-76(89-82)65-49-62(58-29-21-15-22-30-58)46-63(50-65)59-31-23-16-24-32-59/h13-55H,1-12H3. The molecule has 446 valence electrons. The van der Waals surface area contributed by atoms with Gasteiger partial charge in [-0.3, -0.25) is 0 Å². The van der Waals surface area contributed by atoms with Crippen molar-refractivity contribution in [2.45, 2.75) is 105 Å². The first-order valence-corrected chi connectivity index (χ1v) is 32.3. The number of aromatic nitrogens is 2. The van der Waals surface area contributed by atoms with Crippen molar-refractivity contribution < 1.29 is 0 Å². The lowest BCUT2D eigenvalue weighted by molar-refractivity contribution is 0.590. The van der Waals surface area contributed by atoms with Gasteiger partial charge in [0, 0.05) is 50.8 Å². The molecule has 5 heteroatoms. The van der Waals surface area contributed by atoms with Crippen LogP contribution in [0.4, 0.5) is 34.1 Å². The molecule has 0 unspecified atom stereocenters. The van der Waals surface area contributed by atoms with E-state index in [0.717, 1.165) is 95.3 Å². The lowest BCUT2D eigenvalue weighted by Crippen LogP contribution is -2.61. The summed E-state index contributed by atoms with van der Waals surface area (Å²) in [6.45, 7) is 27.7. The van der Waals surface area contributed by atoms with Gasteiger partial charge in [0.15, 0.2) is 5.82 Å². The molecule has 0 saturated heterocycles. The van der Waals surface area contributed by atoms with Crippen LogP contribution in [0.2, 0.25) is 0 Å². The Kier molecular flexibility index (Phi) is 14.6. The Balaban J connectivity index is 1.11. The molecule has 4 nitrogen and oxygen atoms in total. The quantitative estimate of drug-likeness (QED) is 0.135. The fourth-order valence-electron chi connectivity index (χ4n) is 13.4. The Morgan fingerprint density at radius 2 is 0.549 bits per heavy atom. The molecule has 0 bridgehead atoms. The zero-order valence-electron chi connectivity index (χ0n) is 54.7. The van der Waals surface area contributed by atoms with Gasteiger partial charge in [-0.2, -0.15) is 0 Å². The molecule has 0 atom stereocenters. The van der Waals surface area contributed by atoms with Gasteiger partial charge in [-0.1, -0.05) is 253 Å². The van der Waals surface area contributed by atoms with E-state index in [1.807, 2.05) is 0 Å². The topological polar surface area (TPSA) is 32.3 Å². The Hall–Kier alpha value is -9.84. The normalized spacial score (nSPS) is 13.0. The number of hydrogen-bond donors (Lipinski definition) is 0. The zero-order chi connectivity index (χ0) is 63.1. The highest BCUT2D eigenvalue weighted by atomic mass is 15.2. The molecule has 12 aromatic rings. The van der Waals surface area contributed by atoms with Crippen molar-refractivity contribution in [3.8, 4) is 78.4 Å². The maximum atomic E-state index is 5.90. The molecule has 11 aromatic carbocycles. The number of fused-ring (bicyclic) bond motifs is 4. The molecule has 2 aliphatic heterocycles. The second-order valence-corrected chi connectivity index (χ2v) is 29.2. The first kappa shape index (κ1) is 58.8. The van der Waals surface area contributed by atoms with Gasteiger partial charge in [-0.15, -0.1) is 0 Å². The molecule has 3 heterocycles. The van der Waals surface area contributed by atoms with Crippen LogP contribution in [-0.4, -0.2) is 16.7 Å². The second-order valence-electron chi connectivity index (χ2n) is 29.2. The van der Waals surface area contributed by atoms with E-state index in [-0.39, 0.29) is 28.4 Å². The highest BCUT2D eigenvalue weighted by molar-refractivity contribution is 7.00. The molecule has 0 aliphatic carbocycles. The summed E-state index contributed by atoms with van der Waals surface area (Å²) in [5.41, 5.74) is 29.0. The van der Waals surface area contributed by atoms with Gasteiger partial charge in [0.1, 0.15) is 0 Å². The van der Waals surface area contributed by atoms with Crippen molar-refractivity contribution in [1.29, 1.82) is 0 Å². The van der Waals surface area contributed by atoms with Gasteiger partial charge in [-0.05, 0) is 196 Å². The summed E-state index contributed by atoms with van der Waals surface area (Å²) in [4.78, 5) is 16.9. The molecule has 0 amide bonds. The molecule has 0 fully saturated rings. The monoisotopic (exact) mass is 1180 g/mol. The molecule has 0 N–H and O–H groups in total. The van der Waals surface area contributed by atoms with E-state index >= 15 is 0 Å². The van der Waals surface area contributed by atoms with Crippen LogP contribution in [0.25, 0.3) is 78.4 Å². The minimum Gasteiger partial charge on any atom is -0.311 e. The Morgan fingerprint density at radius 3 is 0.857 bits per heavy atom. The maximum Gasteiger partial charge on any atom is 0.252 e. The molecular formula is C86H79BN4. The number of rotatable bonds is 9. The van der Waals surface area contributed by atoms with E-state index in [0.29, 0.717) is 5.82 Å². The predicted molar refractivity (Wildman–Crippen MR) is 389 cm³/mol. The van der Waals surface area contributed by atoms with Crippen LogP contribution in [0.3, 0.4) is 0 Å². The van der Waals surface area contributed by atoms with Crippen molar-refractivity contribution in [3.05, 3.63) is 283 Å². The highest BCUT2D eigenvalue weighted by Gasteiger charge is 2.45. The van der Waals surface area contributed by atoms with Crippen molar-refractivity contribution in [2.75, 3.05) is 9.80 Å². The molecule has 0 spiro atoms. The van der Waals surface area contributed by atoms with E-state index in [4.69, 9.17) is 9.97 Å². The molecule has 91 heavy (non-hydrogen) atoms. The lowest BCUT2D eigenvalue weighted by Gasteiger charge is -2.45. The summed E-state index contributed by atoms with van der Waals surface area (Å²) in [6, 6.07) is 97.1. The van der Waals surface area contributed by atoms with Crippen LogP contribution < -0.4 is 26.2 Å². The summed E-state index contributed by atoms with van der Waals surface area (Å²) in [7, 11) is 0. The minimum absolute atomic E-state index is 0.0361. The second kappa shape index (κ2) is 22.6. The highest BCUT2D eigenvalue weighted by Crippen LogP contribution is 2.49. The van der Waals surface area contributed by atoms with Crippen LogP contribution in [0.5, 0.6) is 0 Å². The first-order chi connectivity index (χ1) is 43.6. The Bertz CT molecular complexity index is 4290. The Labute approximate surface area is 540 Å². The van der Waals surface area contributed by atoms with Crippen LogP contribution >= 0.6 is 0 Å². The predicted octanol–water partition coefficient (Wildman–Crippen LogP) is 21.4. The van der Waals surface area contributed by atoms with Gasteiger partial charge in [0.05, 0.1) is 11.4 Å². The molecular weight excluding hydrogens is 1100 g/mol. The molecule has 0 saturated carbocycles. The fraction of sp³-hybridized carbons (Fsp3) is 0.186. The van der Waals surface area contributed by atoms with Gasteiger partial charge >= 0.3 is 0 Å². The largest absolute Gasteiger partial charge is 0.311 e. The maximum absolute atomic E-state index is 5.90. The first-order valence-electron chi connectivity index (χ1n) is 32.3. The van der Waals surface area contributed by atoms with Crippen molar-refractivity contribution in [3.63, 3.8) is 0 Å². The van der Waals surface area contributed by atoms with Crippen molar-refractivity contribution in [1.82, 2.24) is 9.97 Å². The molecule has 2 aliphatic rings. The third-order valence-corrected chi connectivity index (χ3v) is 18.7. The third-order valence-electron chi connectivity index (χ3n) is 18.7. The van der Waals surface area contributed by atoms with Crippen LogP contribution in [0.1, 0.15) is 105 Å². The summed E-state index contributed by atoms with van der Waals surface area (Å²) in [5.74, 6) is 0.635. The molecule has 14 rings (SSSR count). The lowest BCUT2D eigenvalue weighted by atomic mass is 9.33. The average molecular weight is 1180 g/mol. The van der Waals surface area contributed by atoms with E-state index in [1.54, 1.807) is 0 Å². The number of anilines is 6. The summed E-state index contributed by atoms with van der Waals surface area (Å²) in [5, 5.41) is 0. The van der Waals surface area contributed by atoms with Gasteiger partial charge in [0.2, 0.25) is 0 Å². The van der Waals surface area contributed by atoms with E-state index in [1.165, 1.54) is 50.0 Å². The number of benzene rings is 11. The molecule has 1 aromatic heterocycles. The number of nitrogens with zero attached hydrogens (tertiary/aromatic N) is 4. The smallest absolute Gasteiger partial charge is 0.252 e. The van der Waals surface area contributed by atoms with Gasteiger partial charge in [-0.25, -0.2) is 9.97 Å². The molecule has 0 radical (unpaired) electrons.